The molecule has 0 amide bonds. The van der Waals surface area contributed by atoms with Gasteiger partial charge >= 0.3 is 0 Å². The summed E-state index contributed by atoms with van der Waals surface area (Å²) in [7, 11) is 0. The van der Waals surface area contributed by atoms with Gasteiger partial charge in [-0.1, -0.05) is 43.3 Å². The number of aromatic hydroxyl groups is 1. The summed E-state index contributed by atoms with van der Waals surface area (Å²) in [6, 6.07) is 19.1. The van der Waals surface area contributed by atoms with Crippen LogP contribution in [-0.4, -0.2) is 16.0 Å². The molecule has 4 atom stereocenters. The zero-order valence-corrected chi connectivity index (χ0v) is 19.6. The van der Waals surface area contributed by atoms with Crippen molar-refractivity contribution in [3.05, 3.63) is 101 Å². The van der Waals surface area contributed by atoms with E-state index in [0.29, 0.717) is 24.8 Å². The van der Waals surface area contributed by atoms with Gasteiger partial charge < -0.3 is 10.2 Å². The molecule has 0 spiro atoms. The molecule has 180 valence electrons. The molecule has 3 rings (SSSR count). The van der Waals surface area contributed by atoms with Gasteiger partial charge in [0.15, 0.2) is 0 Å². The van der Waals surface area contributed by atoms with Gasteiger partial charge in [-0.2, -0.15) is 0 Å². The predicted octanol–water partition coefficient (Wildman–Crippen LogP) is 7.06. The molecule has 3 aromatic rings. The van der Waals surface area contributed by atoms with Gasteiger partial charge in [-0.15, -0.1) is 0 Å². The lowest BCUT2D eigenvalue weighted by molar-refractivity contribution is -0.122. The highest BCUT2D eigenvalue weighted by molar-refractivity contribution is 5.79. The molecular formula is C29H32F2O3. The second kappa shape index (κ2) is 11.9. The van der Waals surface area contributed by atoms with Gasteiger partial charge in [0, 0.05) is 5.92 Å². The molecule has 3 nitrogen and oxygen atoms in total. The standard InChI is InChI=1S/C29H32F2O3/c1-3-20(21-4-10-24(30)11-5-21)18-28(22-8-14-26(33)15-9-22)27(19(2)32)16-17-29(34)23-6-12-25(31)13-7-23/h4-15,20,27-29,33-34H,3,16-18H2,1-2H3. The number of hydrogen-bond donors (Lipinski definition) is 2. The van der Waals surface area contributed by atoms with Gasteiger partial charge in [0.25, 0.3) is 0 Å². The molecule has 0 aliphatic heterocycles. The van der Waals surface area contributed by atoms with Crippen molar-refractivity contribution in [2.24, 2.45) is 5.92 Å². The second-order valence-electron chi connectivity index (χ2n) is 8.95. The summed E-state index contributed by atoms with van der Waals surface area (Å²) < 4.78 is 26.7. The Hall–Kier alpha value is -3.05. The van der Waals surface area contributed by atoms with E-state index in [9.17, 15) is 23.8 Å². The first-order valence-corrected chi connectivity index (χ1v) is 11.8. The van der Waals surface area contributed by atoms with Crippen LogP contribution < -0.4 is 0 Å². The molecule has 0 saturated heterocycles. The fraction of sp³-hybridized carbons (Fsp3) is 0.345. The average Bonchev–Trinajstić information content (AvgIpc) is 2.82. The third-order valence-corrected chi connectivity index (χ3v) is 6.71. The number of rotatable bonds is 11. The summed E-state index contributed by atoms with van der Waals surface area (Å²) >= 11 is 0. The molecule has 0 aliphatic rings. The highest BCUT2D eigenvalue weighted by Gasteiger charge is 2.30. The van der Waals surface area contributed by atoms with E-state index in [1.807, 2.05) is 12.1 Å². The van der Waals surface area contributed by atoms with Crippen LogP contribution in [0.2, 0.25) is 0 Å². The highest BCUT2D eigenvalue weighted by Crippen LogP contribution is 2.40. The van der Waals surface area contributed by atoms with Gasteiger partial charge in [-0.3, -0.25) is 4.79 Å². The summed E-state index contributed by atoms with van der Waals surface area (Å²) in [5.41, 5.74) is 2.57. The molecule has 0 heterocycles. The normalized spacial score (nSPS) is 14.9. The minimum absolute atomic E-state index is 0.0262. The quantitative estimate of drug-likeness (QED) is 0.318. The van der Waals surface area contributed by atoms with Crippen molar-refractivity contribution in [1.29, 1.82) is 0 Å². The second-order valence-corrected chi connectivity index (χ2v) is 8.95. The van der Waals surface area contributed by atoms with Crippen LogP contribution >= 0.6 is 0 Å². The number of benzene rings is 3. The van der Waals surface area contributed by atoms with E-state index in [1.165, 1.54) is 24.3 Å². The maximum atomic E-state index is 13.5. The van der Waals surface area contributed by atoms with E-state index >= 15 is 0 Å². The first-order chi connectivity index (χ1) is 16.3. The Morgan fingerprint density at radius 3 is 1.79 bits per heavy atom. The maximum Gasteiger partial charge on any atom is 0.133 e. The molecule has 4 unspecified atom stereocenters. The van der Waals surface area contributed by atoms with Crippen molar-refractivity contribution in [3.63, 3.8) is 0 Å². The number of Topliss-reactive ketones (excluding diaryl/α,β-unsaturated/α-hetero) is 1. The topological polar surface area (TPSA) is 57.5 Å². The number of aliphatic hydroxyl groups excluding tert-OH is 1. The van der Waals surface area contributed by atoms with E-state index in [2.05, 4.69) is 6.92 Å². The van der Waals surface area contributed by atoms with Gasteiger partial charge in [0.05, 0.1) is 6.10 Å². The van der Waals surface area contributed by atoms with Crippen molar-refractivity contribution in [2.45, 2.75) is 57.5 Å². The molecule has 0 aromatic heterocycles. The lowest BCUT2D eigenvalue weighted by atomic mass is 9.73. The minimum atomic E-state index is -0.804. The number of phenols is 1. The van der Waals surface area contributed by atoms with Crippen LogP contribution in [0.15, 0.2) is 72.8 Å². The van der Waals surface area contributed by atoms with Gasteiger partial charge in [-0.05, 0) is 97.5 Å². The fourth-order valence-corrected chi connectivity index (χ4v) is 4.71. The van der Waals surface area contributed by atoms with Crippen molar-refractivity contribution in [3.8, 4) is 5.75 Å². The SMILES string of the molecule is CCC(CC(c1ccc(O)cc1)C(CCC(O)c1ccc(F)cc1)C(C)=O)c1ccc(F)cc1. The number of phenolic OH excluding ortho intramolecular Hbond substituents is 1. The fourth-order valence-electron chi connectivity index (χ4n) is 4.71. The van der Waals surface area contributed by atoms with E-state index in [0.717, 1.165) is 17.5 Å². The van der Waals surface area contributed by atoms with E-state index in [-0.39, 0.29) is 40.9 Å². The Kier molecular flexibility index (Phi) is 8.94. The number of hydrogen-bond acceptors (Lipinski definition) is 3. The van der Waals surface area contributed by atoms with Crippen molar-refractivity contribution in [1.82, 2.24) is 0 Å². The van der Waals surface area contributed by atoms with Gasteiger partial charge in [-0.25, -0.2) is 8.78 Å². The monoisotopic (exact) mass is 466 g/mol. The molecule has 0 radical (unpaired) electrons. The van der Waals surface area contributed by atoms with Crippen molar-refractivity contribution < 1.29 is 23.8 Å². The first kappa shape index (κ1) is 25.6. The van der Waals surface area contributed by atoms with E-state index < -0.39 is 6.10 Å². The van der Waals surface area contributed by atoms with Crippen LogP contribution in [0.25, 0.3) is 0 Å². The Bertz CT molecular complexity index is 1050. The molecule has 3 aromatic carbocycles. The number of carbonyl (C=O) groups is 1. The average molecular weight is 467 g/mol. The zero-order chi connectivity index (χ0) is 24.7. The third-order valence-electron chi connectivity index (χ3n) is 6.71. The zero-order valence-electron chi connectivity index (χ0n) is 19.6. The van der Waals surface area contributed by atoms with Gasteiger partial charge in [0.1, 0.15) is 23.2 Å². The summed E-state index contributed by atoms with van der Waals surface area (Å²) in [6.07, 6.45) is 1.51. The molecule has 0 fully saturated rings. The van der Waals surface area contributed by atoms with Crippen LogP contribution in [0.1, 0.15) is 74.2 Å². The van der Waals surface area contributed by atoms with Crippen LogP contribution in [0.4, 0.5) is 8.78 Å². The largest absolute Gasteiger partial charge is 0.508 e. The van der Waals surface area contributed by atoms with Crippen LogP contribution in [0.5, 0.6) is 5.75 Å². The summed E-state index contributed by atoms with van der Waals surface area (Å²) in [5.74, 6) is -0.857. The maximum absolute atomic E-state index is 13.5. The minimum Gasteiger partial charge on any atom is -0.508 e. The lowest BCUT2D eigenvalue weighted by Crippen LogP contribution is -2.23. The highest BCUT2D eigenvalue weighted by atomic mass is 19.1. The number of aliphatic hydroxyl groups is 1. The van der Waals surface area contributed by atoms with Crippen molar-refractivity contribution in [2.75, 3.05) is 0 Å². The van der Waals surface area contributed by atoms with Crippen molar-refractivity contribution >= 4 is 5.78 Å². The first-order valence-electron chi connectivity index (χ1n) is 11.8. The number of carbonyl (C=O) groups excluding carboxylic acids is 1. The van der Waals surface area contributed by atoms with Crippen LogP contribution in [0, 0.1) is 17.6 Å². The lowest BCUT2D eigenvalue weighted by Gasteiger charge is -2.30. The molecule has 34 heavy (non-hydrogen) atoms. The Morgan fingerprint density at radius 2 is 1.29 bits per heavy atom. The Labute approximate surface area is 200 Å². The Balaban J connectivity index is 1.86. The number of ketones is 1. The Morgan fingerprint density at radius 1 is 0.794 bits per heavy atom. The molecule has 0 saturated carbocycles. The molecule has 0 aliphatic carbocycles. The summed E-state index contributed by atoms with van der Waals surface area (Å²) in [6.45, 7) is 3.64. The third kappa shape index (κ3) is 6.73. The van der Waals surface area contributed by atoms with E-state index in [4.69, 9.17) is 0 Å². The van der Waals surface area contributed by atoms with E-state index in [1.54, 1.807) is 43.3 Å². The number of halogens is 2. The summed E-state index contributed by atoms with van der Waals surface area (Å²) in [5, 5.41) is 20.4. The predicted molar refractivity (Wildman–Crippen MR) is 130 cm³/mol. The molecule has 5 heteroatoms. The molecule has 2 N–H and O–H groups in total. The molecule has 0 bridgehead atoms. The smallest absolute Gasteiger partial charge is 0.133 e. The van der Waals surface area contributed by atoms with Gasteiger partial charge in [0.2, 0.25) is 0 Å². The summed E-state index contributed by atoms with van der Waals surface area (Å²) in [4.78, 5) is 12.8. The van der Waals surface area contributed by atoms with Crippen LogP contribution in [-0.2, 0) is 4.79 Å². The molecular weight excluding hydrogens is 434 g/mol. The van der Waals surface area contributed by atoms with Crippen LogP contribution in [0.3, 0.4) is 0 Å².